The number of nitrogens with one attached hydrogen (secondary N) is 2. The predicted octanol–water partition coefficient (Wildman–Crippen LogP) is 3.12. The van der Waals surface area contributed by atoms with Gasteiger partial charge in [-0.1, -0.05) is 42.5 Å². The van der Waals surface area contributed by atoms with Crippen LogP contribution in [0.4, 0.5) is 0 Å². The molecule has 0 radical (unpaired) electrons. The molecule has 0 spiro atoms. The van der Waals surface area contributed by atoms with E-state index >= 15 is 0 Å². The van der Waals surface area contributed by atoms with Crippen molar-refractivity contribution in [2.24, 2.45) is 5.92 Å². The molecule has 1 fully saturated rings. The van der Waals surface area contributed by atoms with Gasteiger partial charge in [0.2, 0.25) is 11.8 Å². The monoisotopic (exact) mass is 314 g/mol. The summed E-state index contributed by atoms with van der Waals surface area (Å²) < 4.78 is 0. The molecule has 1 aromatic rings. The van der Waals surface area contributed by atoms with Crippen molar-refractivity contribution in [3.63, 3.8) is 0 Å². The van der Waals surface area contributed by atoms with Gasteiger partial charge in [0.1, 0.15) is 0 Å². The zero-order valence-corrected chi connectivity index (χ0v) is 13.8. The Balaban J connectivity index is 1.52. The van der Waals surface area contributed by atoms with E-state index in [9.17, 15) is 9.59 Å². The van der Waals surface area contributed by atoms with Crippen molar-refractivity contribution in [1.29, 1.82) is 0 Å². The molecule has 2 atom stereocenters. The van der Waals surface area contributed by atoms with Crippen LogP contribution >= 0.6 is 0 Å². The number of allylic oxidation sites excluding steroid dienone is 2. The third-order valence-electron chi connectivity index (χ3n) is 4.20. The maximum Gasteiger partial charge on any atom is 0.230 e. The molecule has 124 valence electrons. The zero-order chi connectivity index (χ0) is 16.5. The number of carbonyl (C=O) groups is 2. The molecule has 0 bridgehead atoms. The lowest BCUT2D eigenvalue weighted by molar-refractivity contribution is -0.125. The highest BCUT2D eigenvalue weighted by Crippen LogP contribution is 2.15. The van der Waals surface area contributed by atoms with Crippen LogP contribution in [0.25, 0.3) is 0 Å². The molecule has 0 aliphatic carbocycles. The Morgan fingerprint density at radius 2 is 2.00 bits per heavy atom. The summed E-state index contributed by atoms with van der Waals surface area (Å²) in [5, 5.41) is 5.87. The van der Waals surface area contributed by atoms with Gasteiger partial charge in [-0.3, -0.25) is 14.9 Å². The molecule has 1 aliphatic rings. The van der Waals surface area contributed by atoms with Crippen LogP contribution in [0.15, 0.2) is 42.5 Å². The molecule has 0 aromatic heterocycles. The summed E-state index contributed by atoms with van der Waals surface area (Å²) in [4.78, 5) is 22.5. The van der Waals surface area contributed by atoms with Crippen molar-refractivity contribution < 1.29 is 9.59 Å². The first-order chi connectivity index (χ1) is 11.2. The van der Waals surface area contributed by atoms with Crippen LogP contribution in [0.5, 0.6) is 0 Å². The third-order valence-corrected chi connectivity index (χ3v) is 4.20. The molecule has 1 saturated heterocycles. The van der Waals surface area contributed by atoms with E-state index in [4.69, 9.17) is 0 Å². The minimum absolute atomic E-state index is 0.126. The lowest BCUT2D eigenvalue weighted by Crippen LogP contribution is -2.21. The summed E-state index contributed by atoms with van der Waals surface area (Å²) in [6.07, 6.45) is 8.43. The second-order valence-electron chi connectivity index (χ2n) is 6.10. The van der Waals surface area contributed by atoms with Gasteiger partial charge in [0.15, 0.2) is 0 Å². The van der Waals surface area contributed by atoms with Crippen molar-refractivity contribution >= 4 is 11.8 Å². The van der Waals surface area contributed by atoms with Gasteiger partial charge in [-0.15, -0.1) is 0 Å². The number of rotatable bonds is 9. The first kappa shape index (κ1) is 17.4. The van der Waals surface area contributed by atoms with Gasteiger partial charge in [-0.2, -0.15) is 0 Å². The van der Waals surface area contributed by atoms with Crippen LogP contribution in [0.2, 0.25) is 0 Å². The van der Waals surface area contributed by atoms with E-state index in [1.54, 1.807) is 0 Å². The lowest BCUT2D eigenvalue weighted by atomic mass is 10.0. The summed E-state index contributed by atoms with van der Waals surface area (Å²) in [6, 6.07) is 10.8. The molecule has 1 heterocycles. The van der Waals surface area contributed by atoms with Crippen molar-refractivity contribution in [2.45, 2.75) is 45.1 Å². The quantitative estimate of drug-likeness (QED) is 0.418. The number of carbonyl (C=O) groups excluding carboxylic acids is 2. The number of benzene rings is 1. The Labute approximate surface area is 138 Å². The van der Waals surface area contributed by atoms with Crippen molar-refractivity contribution in [3.05, 3.63) is 48.0 Å². The van der Waals surface area contributed by atoms with Crippen molar-refractivity contribution in [3.8, 4) is 0 Å². The fourth-order valence-electron chi connectivity index (χ4n) is 2.74. The highest BCUT2D eigenvalue weighted by Gasteiger charge is 2.28. The highest BCUT2D eigenvalue weighted by atomic mass is 16.2. The normalized spacial score (nSPS) is 19.3. The van der Waals surface area contributed by atoms with Gasteiger partial charge in [-0.05, 0) is 44.7 Å². The summed E-state index contributed by atoms with van der Waals surface area (Å²) >= 11 is 0. The van der Waals surface area contributed by atoms with Gasteiger partial charge < -0.3 is 5.32 Å². The SMILES string of the molecule is C[C@@H](NCCCC/C=C\CC1CC(=O)NC1=O)c1ccccc1. The maximum atomic E-state index is 11.4. The second kappa shape index (κ2) is 9.26. The minimum atomic E-state index is -0.160. The number of imide groups is 1. The third kappa shape index (κ3) is 5.99. The number of amides is 2. The molecule has 23 heavy (non-hydrogen) atoms. The topological polar surface area (TPSA) is 58.2 Å². The number of hydrogen-bond acceptors (Lipinski definition) is 3. The molecule has 1 aromatic carbocycles. The van der Waals surface area contributed by atoms with Crippen LogP contribution in [-0.4, -0.2) is 18.4 Å². The summed E-state index contributed by atoms with van der Waals surface area (Å²) in [6.45, 7) is 3.19. The average molecular weight is 314 g/mol. The number of hydrogen-bond donors (Lipinski definition) is 2. The predicted molar refractivity (Wildman–Crippen MR) is 91.7 cm³/mol. The molecule has 2 rings (SSSR count). The summed E-state index contributed by atoms with van der Waals surface area (Å²) in [5.41, 5.74) is 1.32. The fraction of sp³-hybridized carbons (Fsp3) is 0.474. The Bertz CT molecular complexity index is 540. The van der Waals surface area contributed by atoms with E-state index in [0.717, 1.165) is 25.8 Å². The Hall–Kier alpha value is -1.94. The minimum Gasteiger partial charge on any atom is -0.310 e. The van der Waals surface area contributed by atoms with Crippen LogP contribution in [-0.2, 0) is 9.59 Å². The molecule has 1 unspecified atom stereocenters. The summed E-state index contributed by atoms with van der Waals surface area (Å²) in [5.74, 6) is -0.433. The second-order valence-corrected chi connectivity index (χ2v) is 6.10. The van der Waals surface area contributed by atoms with E-state index in [1.165, 1.54) is 5.56 Å². The van der Waals surface area contributed by atoms with E-state index in [0.29, 0.717) is 18.9 Å². The van der Waals surface area contributed by atoms with Crippen LogP contribution in [0, 0.1) is 5.92 Å². The molecule has 1 aliphatic heterocycles. The average Bonchev–Trinajstić information content (AvgIpc) is 2.88. The molecule has 4 heteroatoms. The van der Waals surface area contributed by atoms with E-state index < -0.39 is 0 Å². The maximum absolute atomic E-state index is 11.4. The number of unbranched alkanes of at least 4 members (excludes halogenated alkanes) is 2. The van der Waals surface area contributed by atoms with Crippen molar-refractivity contribution in [1.82, 2.24) is 10.6 Å². The Morgan fingerprint density at radius 3 is 2.70 bits per heavy atom. The van der Waals surface area contributed by atoms with Crippen LogP contribution < -0.4 is 10.6 Å². The molecular formula is C19H26N2O2. The van der Waals surface area contributed by atoms with E-state index in [-0.39, 0.29) is 17.7 Å². The molecule has 0 saturated carbocycles. The van der Waals surface area contributed by atoms with Crippen LogP contribution in [0.3, 0.4) is 0 Å². The van der Waals surface area contributed by atoms with Gasteiger partial charge in [0.25, 0.3) is 0 Å². The van der Waals surface area contributed by atoms with Gasteiger partial charge in [0.05, 0.1) is 5.92 Å². The van der Waals surface area contributed by atoms with Gasteiger partial charge in [-0.25, -0.2) is 0 Å². The molecule has 2 amide bonds. The van der Waals surface area contributed by atoms with Gasteiger partial charge >= 0.3 is 0 Å². The molecular weight excluding hydrogens is 288 g/mol. The molecule has 4 nitrogen and oxygen atoms in total. The van der Waals surface area contributed by atoms with E-state index in [2.05, 4.69) is 47.9 Å². The Kier molecular flexibility index (Phi) is 7.01. The van der Waals surface area contributed by atoms with Crippen LogP contribution in [0.1, 0.15) is 50.6 Å². The smallest absolute Gasteiger partial charge is 0.230 e. The first-order valence-electron chi connectivity index (χ1n) is 8.44. The zero-order valence-electron chi connectivity index (χ0n) is 13.8. The highest BCUT2D eigenvalue weighted by molar-refractivity contribution is 6.03. The van der Waals surface area contributed by atoms with Gasteiger partial charge in [0, 0.05) is 12.5 Å². The lowest BCUT2D eigenvalue weighted by Gasteiger charge is -2.13. The standard InChI is InChI=1S/C19H26N2O2/c1-15(16-10-7-5-8-11-16)20-13-9-4-2-3-6-12-17-14-18(22)21-19(17)23/h3,5-8,10-11,15,17,20H,2,4,9,12-14H2,1H3,(H,21,22,23)/b6-3-/t15-,17?/m1/s1. The molecule has 2 N–H and O–H groups in total. The summed E-state index contributed by atoms with van der Waals surface area (Å²) in [7, 11) is 0. The fourth-order valence-corrected chi connectivity index (χ4v) is 2.74. The largest absolute Gasteiger partial charge is 0.310 e. The van der Waals surface area contributed by atoms with Crippen molar-refractivity contribution in [2.75, 3.05) is 6.54 Å². The van der Waals surface area contributed by atoms with E-state index in [1.807, 2.05) is 12.1 Å². The Morgan fingerprint density at radius 1 is 1.22 bits per heavy atom. The first-order valence-corrected chi connectivity index (χ1v) is 8.44.